The SMILES string of the molecule is NS(=O)(=O)c1ccc(CCNC(=O)C2CCN(c3nc4ccccc4n3Cc3cccc(F)c3)CC2)cc1. The third-order valence-corrected chi connectivity index (χ3v) is 7.91. The molecule has 198 valence electrons. The summed E-state index contributed by atoms with van der Waals surface area (Å²) in [5.41, 5.74) is 3.66. The molecule has 1 fully saturated rings. The number of halogens is 1. The number of para-hydroxylation sites is 2. The monoisotopic (exact) mass is 535 g/mol. The number of piperidine rings is 1. The Bertz CT molecular complexity index is 1540. The normalized spacial score (nSPS) is 14.6. The summed E-state index contributed by atoms with van der Waals surface area (Å²) in [5, 5.41) is 8.15. The maximum absolute atomic E-state index is 13.8. The van der Waals surface area contributed by atoms with Crippen LogP contribution in [0.3, 0.4) is 0 Å². The molecule has 3 aromatic carbocycles. The molecule has 0 bridgehead atoms. The van der Waals surface area contributed by atoms with Gasteiger partial charge < -0.3 is 14.8 Å². The summed E-state index contributed by atoms with van der Waals surface area (Å²) in [4.78, 5) is 20.0. The van der Waals surface area contributed by atoms with Crippen molar-refractivity contribution in [2.24, 2.45) is 11.1 Å². The van der Waals surface area contributed by atoms with Crippen LogP contribution in [-0.2, 0) is 27.8 Å². The van der Waals surface area contributed by atoms with Gasteiger partial charge in [0.15, 0.2) is 0 Å². The number of imidazole rings is 1. The van der Waals surface area contributed by atoms with Gasteiger partial charge in [-0.3, -0.25) is 4.79 Å². The van der Waals surface area contributed by atoms with Crippen LogP contribution in [0.2, 0.25) is 0 Å². The molecule has 1 aliphatic rings. The third-order valence-electron chi connectivity index (χ3n) is 6.98. The molecule has 10 heteroatoms. The van der Waals surface area contributed by atoms with Crippen LogP contribution in [0.4, 0.5) is 10.3 Å². The molecule has 2 heterocycles. The molecule has 0 atom stereocenters. The van der Waals surface area contributed by atoms with Gasteiger partial charge in [-0.25, -0.2) is 22.9 Å². The number of carbonyl (C=O) groups excluding carboxylic acids is 1. The van der Waals surface area contributed by atoms with Crippen molar-refractivity contribution in [2.45, 2.75) is 30.7 Å². The Kier molecular flexibility index (Phi) is 7.44. The molecule has 38 heavy (non-hydrogen) atoms. The number of aromatic nitrogens is 2. The Morgan fingerprint density at radius 3 is 2.45 bits per heavy atom. The largest absolute Gasteiger partial charge is 0.356 e. The van der Waals surface area contributed by atoms with Crippen molar-refractivity contribution in [3.63, 3.8) is 0 Å². The molecular formula is C28H30FN5O3S. The van der Waals surface area contributed by atoms with Gasteiger partial charge in [0.05, 0.1) is 22.5 Å². The molecule has 3 N–H and O–H groups in total. The minimum absolute atomic E-state index is 0.0269. The Morgan fingerprint density at radius 2 is 1.74 bits per heavy atom. The summed E-state index contributed by atoms with van der Waals surface area (Å²) in [7, 11) is -3.72. The molecule has 0 spiro atoms. The van der Waals surface area contributed by atoms with E-state index in [2.05, 4.69) is 14.8 Å². The molecule has 1 aliphatic heterocycles. The average Bonchev–Trinajstić information content (AvgIpc) is 3.27. The molecule has 0 unspecified atom stereocenters. The third kappa shape index (κ3) is 5.87. The molecular weight excluding hydrogens is 505 g/mol. The number of nitrogens with one attached hydrogen (secondary N) is 1. The summed E-state index contributed by atoms with van der Waals surface area (Å²) < 4.78 is 38.7. The highest BCUT2D eigenvalue weighted by Crippen LogP contribution is 2.28. The molecule has 8 nitrogen and oxygen atoms in total. The Hall–Kier alpha value is -3.76. The quantitative estimate of drug-likeness (QED) is 0.359. The summed E-state index contributed by atoms with van der Waals surface area (Å²) in [6.45, 7) is 2.36. The van der Waals surface area contributed by atoms with Crippen LogP contribution in [0.25, 0.3) is 11.0 Å². The predicted molar refractivity (Wildman–Crippen MR) is 145 cm³/mol. The number of nitrogens with two attached hydrogens (primary N) is 1. The number of sulfonamides is 1. The second kappa shape index (κ2) is 10.9. The lowest BCUT2D eigenvalue weighted by Gasteiger charge is -2.32. The zero-order chi connectivity index (χ0) is 26.7. The van der Waals surface area contributed by atoms with Crippen LogP contribution in [0.5, 0.6) is 0 Å². The number of benzene rings is 3. The van der Waals surface area contributed by atoms with E-state index in [0.717, 1.165) is 28.1 Å². The van der Waals surface area contributed by atoms with E-state index in [1.54, 1.807) is 24.3 Å². The number of carbonyl (C=O) groups is 1. The number of hydrogen-bond donors (Lipinski definition) is 2. The first-order chi connectivity index (χ1) is 18.3. The summed E-state index contributed by atoms with van der Waals surface area (Å²) >= 11 is 0. The Morgan fingerprint density at radius 1 is 1.00 bits per heavy atom. The first kappa shape index (κ1) is 25.9. The second-order valence-electron chi connectivity index (χ2n) is 9.61. The maximum atomic E-state index is 13.8. The zero-order valence-electron chi connectivity index (χ0n) is 20.9. The smallest absolute Gasteiger partial charge is 0.238 e. The highest BCUT2D eigenvalue weighted by molar-refractivity contribution is 7.89. The fourth-order valence-corrected chi connectivity index (χ4v) is 5.46. The van der Waals surface area contributed by atoms with Crippen LogP contribution in [0.15, 0.2) is 77.7 Å². The van der Waals surface area contributed by atoms with Gasteiger partial charge in [-0.1, -0.05) is 36.4 Å². The number of hydrogen-bond acceptors (Lipinski definition) is 5. The van der Waals surface area contributed by atoms with Crippen LogP contribution in [0.1, 0.15) is 24.0 Å². The fourth-order valence-electron chi connectivity index (χ4n) is 4.94. The zero-order valence-corrected chi connectivity index (χ0v) is 21.7. The van der Waals surface area contributed by atoms with Crippen LogP contribution in [0, 0.1) is 11.7 Å². The van der Waals surface area contributed by atoms with Crippen molar-refractivity contribution in [3.8, 4) is 0 Å². The van der Waals surface area contributed by atoms with Gasteiger partial charge in [0.2, 0.25) is 21.9 Å². The lowest BCUT2D eigenvalue weighted by atomic mass is 9.96. The summed E-state index contributed by atoms with van der Waals surface area (Å²) in [5.74, 6) is 0.509. The standard InChI is InChI=1S/C28H30FN5O3S/c29-23-5-3-4-21(18-23)19-34-26-7-2-1-6-25(26)32-28(34)33-16-13-22(14-17-33)27(35)31-15-12-20-8-10-24(11-9-20)38(30,36)37/h1-11,18,22H,12-17,19H2,(H,31,35)(H2,30,36,37). The Balaban J connectivity index is 1.19. The van der Waals surface area contributed by atoms with Gasteiger partial charge in [-0.15, -0.1) is 0 Å². The fraction of sp³-hybridized carbons (Fsp3) is 0.286. The molecule has 1 amide bonds. The van der Waals surface area contributed by atoms with Crippen molar-refractivity contribution >= 4 is 32.9 Å². The second-order valence-corrected chi connectivity index (χ2v) is 11.2. The summed E-state index contributed by atoms with van der Waals surface area (Å²) in [6, 6.07) is 20.9. The van der Waals surface area contributed by atoms with Crippen molar-refractivity contribution in [1.82, 2.24) is 14.9 Å². The summed E-state index contributed by atoms with van der Waals surface area (Å²) in [6.07, 6.45) is 2.01. The predicted octanol–water partition coefficient (Wildman–Crippen LogP) is 3.45. The average molecular weight is 536 g/mol. The topological polar surface area (TPSA) is 110 Å². The minimum Gasteiger partial charge on any atom is -0.356 e. The number of fused-ring (bicyclic) bond motifs is 1. The van der Waals surface area contributed by atoms with E-state index in [0.29, 0.717) is 45.4 Å². The van der Waals surface area contributed by atoms with Crippen LogP contribution < -0.4 is 15.4 Å². The number of primary sulfonamides is 1. The van der Waals surface area contributed by atoms with Crippen molar-refractivity contribution < 1.29 is 17.6 Å². The van der Waals surface area contributed by atoms with Gasteiger partial charge >= 0.3 is 0 Å². The van der Waals surface area contributed by atoms with Crippen LogP contribution >= 0.6 is 0 Å². The van der Waals surface area contributed by atoms with E-state index in [-0.39, 0.29) is 22.5 Å². The van der Waals surface area contributed by atoms with E-state index in [1.165, 1.54) is 18.2 Å². The number of amides is 1. The molecule has 0 saturated carbocycles. The van der Waals surface area contributed by atoms with Crippen molar-refractivity contribution in [1.29, 1.82) is 0 Å². The lowest BCUT2D eigenvalue weighted by molar-refractivity contribution is -0.125. The lowest BCUT2D eigenvalue weighted by Crippen LogP contribution is -2.42. The Labute approximate surface area is 221 Å². The molecule has 0 aliphatic carbocycles. The molecule has 4 aromatic rings. The number of anilines is 1. The molecule has 1 aromatic heterocycles. The van der Waals surface area contributed by atoms with Gasteiger partial charge in [-0.2, -0.15) is 0 Å². The van der Waals surface area contributed by atoms with Gasteiger partial charge in [0, 0.05) is 25.6 Å². The van der Waals surface area contributed by atoms with E-state index in [1.807, 2.05) is 30.3 Å². The maximum Gasteiger partial charge on any atom is 0.238 e. The highest BCUT2D eigenvalue weighted by atomic mass is 32.2. The van der Waals surface area contributed by atoms with E-state index < -0.39 is 10.0 Å². The molecule has 1 saturated heterocycles. The van der Waals surface area contributed by atoms with Gasteiger partial charge in [-0.05, 0) is 66.8 Å². The van der Waals surface area contributed by atoms with E-state index in [9.17, 15) is 17.6 Å². The number of nitrogens with zero attached hydrogens (tertiary/aromatic N) is 3. The first-order valence-corrected chi connectivity index (χ1v) is 14.2. The van der Waals surface area contributed by atoms with Gasteiger partial charge in [0.1, 0.15) is 5.82 Å². The van der Waals surface area contributed by atoms with E-state index >= 15 is 0 Å². The van der Waals surface area contributed by atoms with Crippen molar-refractivity contribution in [3.05, 3.63) is 89.7 Å². The molecule has 0 radical (unpaired) electrons. The van der Waals surface area contributed by atoms with Gasteiger partial charge in [0.25, 0.3) is 0 Å². The van der Waals surface area contributed by atoms with Crippen molar-refractivity contribution in [2.75, 3.05) is 24.5 Å². The van der Waals surface area contributed by atoms with Crippen LogP contribution in [-0.4, -0.2) is 43.5 Å². The van der Waals surface area contributed by atoms with E-state index in [4.69, 9.17) is 10.1 Å². The number of rotatable bonds is 8. The highest BCUT2D eigenvalue weighted by Gasteiger charge is 2.27. The molecule has 5 rings (SSSR count). The minimum atomic E-state index is -3.72. The first-order valence-electron chi connectivity index (χ1n) is 12.6.